The minimum absolute atomic E-state index is 0.00739. The summed E-state index contributed by atoms with van der Waals surface area (Å²) in [5, 5.41) is 4.91. The molecule has 0 saturated carbocycles. The molecule has 8 heteroatoms. The molecular weight excluding hydrogens is 342 g/mol. The fourth-order valence-electron chi connectivity index (χ4n) is 1.87. The van der Waals surface area contributed by atoms with E-state index in [2.05, 4.69) is 26.0 Å². The van der Waals surface area contributed by atoms with E-state index in [-0.39, 0.29) is 17.5 Å². The molecule has 0 aromatic carbocycles. The van der Waals surface area contributed by atoms with E-state index in [1.807, 2.05) is 11.4 Å². The summed E-state index contributed by atoms with van der Waals surface area (Å²) in [5.74, 6) is -0.741. The Morgan fingerprint density at radius 3 is 2.83 bits per heavy atom. The molecule has 2 atom stereocenters. The minimum atomic E-state index is -3.25. The molecule has 2 heterocycles. The van der Waals surface area contributed by atoms with Gasteiger partial charge in [-0.3, -0.25) is 10.1 Å². The summed E-state index contributed by atoms with van der Waals surface area (Å²) in [6.07, 6.45) is 0. The first-order chi connectivity index (χ1) is 8.41. The molecule has 1 aliphatic heterocycles. The molecule has 1 saturated heterocycles. The molecule has 1 aromatic heterocycles. The smallest absolute Gasteiger partial charge is 0.323 e. The Bertz CT molecular complexity index is 554. The second-order valence-corrected chi connectivity index (χ2v) is 8.05. The Morgan fingerprint density at radius 1 is 1.56 bits per heavy atom. The number of carbonyl (C=O) groups is 1. The van der Waals surface area contributed by atoms with E-state index >= 15 is 0 Å². The average Bonchev–Trinajstić information content (AvgIpc) is 2.72. The van der Waals surface area contributed by atoms with Gasteiger partial charge in [0.15, 0.2) is 9.84 Å². The molecule has 2 rings (SSSR count). The van der Waals surface area contributed by atoms with Crippen LogP contribution in [0.1, 0.15) is 10.9 Å². The first-order valence-electron chi connectivity index (χ1n) is 5.19. The standard InChI is InChI=1S/C10H12BrNO4S2/c1-16-10(13)8-5-18(14,15)4-7(12-8)9-2-6(11)3-17-9/h2-3,7-8,12H,4-5H2,1H3. The number of esters is 1. The summed E-state index contributed by atoms with van der Waals surface area (Å²) >= 11 is 4.78. The maximum absolute atomic E-state index is 11.8. The first-order valence-corrected chi connectivity index (χ1v) is 8.69. The number of methoxy groups -OCH3 is 1. The van der Waals surface area contributed by atoms with E-state index in [1.165, 1.54) is 18.4 Å². The van der Waals surface area contributed by atoms with Crippen LogP contribution in [0.25, 0.3) is 0 Å². The van der Waals surface area contributed by atoms with E-state index in [9.17, 15) is 13.2 Å². The number of ether oxygens (including phenoxy) is 1. The maximum atomic E-state index is 11.8. The Morgan fingerprint density at radius 2 is 2.28 bits per heavy atom. The van der Waals surface area contributed by atoms with Gasteiger partial charge >= 0.3 is 5.97 Å². The zero-order valence-corrected chi connectivity index (χ0v) is 12.8. The van der Waals surface area contributed by atoms with Crippen molar-refractivity contribution in [1.29, 1.82) is 0 Å². The summed E-state index contributed by atoms with van der Waals surface area (Å²) in [4.78, 5) is 12.4. The van der Waals surface area contributed by atoms with Gasteiger partial charge in [-0.2, -0.15) is 0 Å². The Balaban J connectivity index is 2.24. The van der Waals surface area contributed by atoms with Gasteiger partial charge in [-0.25, -0.2) is 8.42 Å². The van der Waals surface area contributed by atoms with Crippen LogP contribution in [0.15, 0.2) is 15.9 Å². The highest BCUT2D eigenvalue weighted by Gasteiger charge is 2.36. The van der Waals surface area contributed by atoms with Crippen LogP contribution in [0.2, 0.25) is 0 Å². The highest BCUT2D eigenvalue weighted by atomic mass is 79.9. The van der Waals surface area contributed by atoms with Crippen LogP contribution in [-0.2, 0) is 19.4 Å². The van der Waals surface area contributed by atoms with Crippen molar-refractivity contribution in [3.63, 3.8) is 0 Å². The molecule has 0 amide bonds. The lowest BCUT2D eigenvalue weighted by Crippen LogP contribution is -2.51. The van der Waals surface area contributed by atoms with Gasteiger partial charge in [0.1, 0.15) is 6.04 Å². The molecule has 2 unspecified atom stereocenters. The van der Waals surface area contributed by atoms with Crippen molar-refractivity contribution in [2.45, 2.75) is 12.1 Å². The third-order valence-electron chi connectivity index (χ3n) is 2.66. The quantitative estimate of drug-likeness (QED) is 0.806. The third-order valence-corrected chi connectivity index (χ3v) is 6.15. The number of halogens is 1. The Labute approximate surface area is 118 Å². The van der Waals surface area contributed by atoms with E-state index in [1.54, 1.807) is 0 Å². The highest BCUT2D eigenvalue weighted by Crippen LogP contribution is 2.29. The monoisotopic (exact) mass is 353 g/mol. The Hall–Kier alpha value is -0.440. The van der Waals surface area contributed by atoms with Crippen LogP contribution in [0, 0.1) is 0 Å². The lowest BCUT2D eigenvalue weighted by Gasteiger charge is -2.28. The van der Waals surface area contributed by atoms with Gasteiger partial charge < -0.3 is 4.74 Å². The van der Waals surface area contributed by atoms with Crippen LogP contribution in [0.3, 0.4) is 0 Å². The number of hydrogen-bond acceptors (Lipinski definition) is 6. The SMILES string of the molecule is COC(=O)C1CS(=O)(=O)CC(c2cc(Br)cs2)N1. The van der Waals surface area contributed by atoms with Gasteiger partial charge in [-0.05, 0) is 22.0 Å². The zero-order chi connectivity index (χ0) is 13.3. The second kappa shape index (κ2) is 5.28. The molecule has 0 radical (unpaired) electrons. The number of rotatable bonds is 2. The molecular formula is C10H12BrNO4S2. The van der Waals surface area contributed by atoms with Gasteiger partial charge in [0.05, 0.1) is 24.7 Å². The van der Waals surface area contributed by atoms with Crippen molar-refractivity contribution in [1.82, 2.24) is 5.32 Å². The molecule has 5 nitrogen and oxygen atoms in total. The van der Waals surface area contributed by atoms with E-state index in [4.69, 9.17) is 0 Å². The number of thiophene rings is 1. The topological polar surface area (TPSA) is 72.5 Å². The average molecular weight is 354 g/mol. The fourth-order valence-corrected chi connectivity index (χ4v) is 5.14. The molecule has 1 N–H and O–H groups in total. The molecule has 1 aliphatic rings. The van der Waals surface area contributed by atoms with Crippen molar-refractivity contribution in [2.75, 3.05) is 18.6 Å². The van der Waals surface area contributed by atoms with Crippen LogP contribution < -0.4 is 5.32 Å². The van der Waals surface area contributed by atoms with Crippen molar-refractivity contribution < 1.29 is 17.9 Å². The summed E-state index contributed by atoms with van der Waals surface area (Å²) in [7, 11) is -2.00. The molecule has 1 fully saturated rings. The molecule has 0 bridgehead atoms. The highest BCUT2D eigenvalue weighted by molar-refractivity contribution is 9.10. The Kier molecular flexibility index (Phi) is 4.10. The zero-order valence-electron chi connectivity index (χ0n) is 9.55. The van der Waals surface area contributed by atoms with E-state index in [0.717, 1.165) is 9.35 Å². The molecule has 18 heavy (non-hydrogen) atoms. The predicted molar refractivity (Wildman–Crippen MR) is 72.4 cm³/mol. The molecule has 0 aliphatic carbocycles. The number of carbonyl (C=O) groups excluding carboxylic acids is 1. The largest absolute Gasteiger partial charge is 0.468 e. The maximum Gasteiger partial charge on any atom is 0.323 e. The van der Waals surface area contributed by atoms with Crippen LogP contribution in [-0.4, -0.2) is 39.0 Å². The fraction of sp³-hybridized carbons (Fsp3) is 0.500. The second-order valence-electron chi connectivity index (χ2n) is 4.04. The van der Waals surface area contributed by atoms with Crippen molar-refractivity contribution in [2.24, 2.45) is 0 Å². The van der Waals surface area contributed by atoms with Gasteiger partial charge in [-0.15, -0.1) is 11.3 Å². The molecule has 0 spiro atoms. The van der Waals surface area contributed by atoms with Gasteiger partial charge in [-0.1, -0.05) is 0 Å². The van der Waals surface area contributed by atoms with Crippen LogP contribution in [0.4, 0.5) is 0 Å². The lowest BCUT2D eigenvalue weighted by molar-refractivity contribution is -0.142. The minimum Gasteiger partial charge on any atom is -0.468 e. The normalized spacial score (nSPS) is 26.8. The molecule has 1 aromatic rings. The van der Waals surface area contributed by atoms with Gasteiger partial charge in [0, 0.05) is 14.7 Å². The lowest BCUT2D eigenvalue weighted by atomic mass is 10.2. The van der Waals surface area contributed by atoms with E-state index < -0.39 is 21.8 Å². The van der Waals surface area contributed by atoms with E-state index in [0.29, 0.717) is 0 Å². The van der Waals surface area contributed by atoms with Crippen molar-refractivity contribution >= 4 is 43.1 Å². The summed E-state index contributed by atoms with van der Waals surface area (Å²) < 4.78 is 29.1. The number of sulfone groups is 1. The van der Waals surface area contributed by atoms with Gasteiger partial charge in [0.25, 0.3) is 0 Å². The summed E-state index contributed by atoms with van der Waals surface area (Å²) in [6.45, 7) is 0. The third kappa shape index (κ3) is 3.11. The first kappa shape index (κ1) is 14.0. The number of hydrogen-bond donors (Lipinski definition) is 1. The van der Waals surface area contributed by atoms with Crippen LogP contribution in [0.5, 0.6) is 0 Å². The van der Waals surface area contributed by atoms with Crippen molar-refractivity contribution in [3.05, 3.63) is 20.8 Å². The summed E-state index contributed by atoms with van der Waals surface area (Å²) in [5.41, 5.74) is 0. The molecule has 100 valence electrons. The number of nitrogens with one attached hydrogen (secondary N) is 1. The summed E-state index contributed by atoms with van der Waals surface area (Å²) in [6, 6.07) is 0.709. The van der Waals surface area contributed by atoms with Crippen LogP contribution >= 0.6 is 27.3 Å². The van der Waals surface area contributed by atoms with Gasteiger partial charge in [0.2, 0.25) is 0 Å². The predicted octanol–water partition coefficient (Wildman–Crippen LogP) is 1.11. The van der Waals surface area contributed by atoms with Crippen molar-refractivity contribution in [3.8, 4) is 0 Å².